The summed E-state index contributed by atoms with van der Waals surface area (Å²) in [7, 11) is 0. The van der Waals surface area contributed by atoms with Gasteiger partial charge in [0.2, 0.25) is 0 Å². The van der Waals surface area contributed by atoms with Crippen molar-refractivity contribution in [3.63, 3.8) is 0 Å². The minimum Gasteiger partial charge on any atom is -0.262 e. The summed E-state index contributed by atoms with van der Waals surface area (Å²) in [5.74, 6) is 0. The van der Waals surface area contributed by atoms with Crippen LogP contribution in [0.25, 0.3) is 5.69 Å². The van der Waals surface area contributed by atoms with Crippen molar-refractivity contribution in [1.82, 2.24) is 9.78 Å². The second kappa shape index (κ2) is 5.45. The predicted octanol–water partition coefficient (Wildman–Crippen LogP) is 2.85. The van der Waals surface area contributed by atoms with Gasteiger partial charge in [-0.15, -0.1) is 6.07 Å². The Morgan fingerprint density at radius 2 is 2.06 bits per heavy atom. The third kappa shape index (κ3) is 2.27. The molecule has 2 aromatic rings. The second-order valence-corrected chi connectivity index (χ2v) is 3.67. The van der Waals surface area contributed by atoms with Gasteiger partial charge in [0.05, 0.1) is 5.69 Å². The van der Waals surface area contributed by atoms with E-state index in [1.807, 2.05) is 35.9 Å². The summed E-state index contributed by atoms with van der Waals surface area (Å²) in [5.41, 5.74) is 4.68. The molecule has 1 aromatic heterocycles. The number of nitrogens with zero attached hydrogens (tertiary/aromatic N) is 2. The number of para-hydroxylation sites is 1. The fraction of sp³-hybridized carbons (Fsp3) is 0.308. The molecule has 2 rings (SSSR count). The van der Waals surface area contributed by atoms with Gasteiger partial charge in [0.15, 0.2) is 0 Å². The summed E-state index contributed by atoms with van der Waals surface area (Å²) < 4.78 is 1.99. The van der Waals surface area contributed by atoms with E-state index in [9.17, 15) is 0 Å². The summed E-state index contributed by atoms with van der Waals surface area (Å²) in [5, 5.41) is 4.54. The van der Waals surface area contributed by atoms with Gasteiger partial charge in [-0.05, 0) is 31.5 Å². The van der Waals surface area contributed by atoms with E-state index >= 15 is 0 Å². The molecule has 0 amide bonds. The van der Waals surface area contributed by atoms with E-state index in [1.54, 1.807) is 0 Å². The number of rotatable bonds is 2. The van der Waals surface area contributed by atoms with Crippen LogP contribution in [0.5, 0.6) is 0 Å². The van der Waals surface area contributed by atoms with Gasteiger partial charge in [-0.25, -0.2) is 0 Å². The van der Waals surface area contributed by atoms with Gasteiger partial charge in [0, 0.05) is 26.8 Å². The first kappa shape index (κ1) is 13.2. The summed E-state index contributed by atoms with van der Waals surface area (Å²) in [6, 6.07) is 11.1. The molecule has 1 aromatic carbocycles. The molecule has 88 valence electrons. The van der Waals surface area contributed by atoms with Crippen LogP contribution in [0.1, 0.15) is 23.9 Å². The first-order valence-electron chi connectivity index (χ1n) is 5.26. The Labute approximate surface area is 111 Å². The van der Waals surface area contributed by atoms with E-state index in [0.717, 1.165) is 17.8 Å². The van der Waals surface area contributed by atoms with Crippen LogP contribution in [-0.4, -0.2) is 9.78 Å². The molecule has 2 nitrogen and oxygen atoms in total. The fourth-order valence-electron chi connectivity index (χ4n) is 1.78. The van der Waals surface area contributed by atoms with Crippen molar-refractivity contribution in [3.8, 4) is 5.69 Å². The first-order valence-corrected chi connectivity index (χ1v) is 5.26. The molecule has 0 radical (unpaired) electrons. The molecule has 0 bridgehead atoms. The van der Waals surface area contributed by atoms with Crippen LogP contribution in [0, 0.1) is 19.9 Å². The molecular formula is C13H15N2Pt-. The molecule has 0 saturated heterocycles. The van der Waals surface area contributed by atoms with Gasteiger partial charge < -0.3 is 0 Å². The monoisotopic (exact) mass is 394 g/mol. The summed E-state index contributed by atoms with van der Waals surface area (Å²) in [6.45, 7) is 6.33. The first-order chi connectivity index (χ1) is 7.24. The van der Waals surface area contributed by atoms with Gasteiger partial charge in [-0.3, -0.25) is 4.68 Å². The summed E-state index contributed by atoms with van der Waals surface area (Å²) in [4.78, 5) is 0. The van der Waals surface area contributed by atoms with Crippen LogP contribution in [0.2, 0.25) is 0 Å². The molecule has 0 aliphatic heterocycles. The maximum absolute atomic E-state index is 4.54. The maximum Gasteiger partial charge on any atom is 0.0629 e. The van der Waals surface area contributed by atoms with Crippen LogP contribution in [0.3, 0.4) is 0 Å². The van der Waals surface area contributed by atoms with Crippen molar-refractivity contribution >= 4 is 0 Å². The molecule has 0 aliphatic rings. The van der Waals surface area contributed by atoms with Gasteiger partial charge in [0.25, 0.3) is 0 Å². The Balaban J connectivity index is 0.00000128. The Kier molecular flexibility index (Phi) is 4.49. The number of benzene rings is 1. The van der Waals surface area contributed by atoms with Gasteiger partial charge in [-0.2, -0.15) is 29.4 Å². The van der Waals surface area contributed by atoms with E-state index < -0.39 is 0 Å². The topological polar surface area (TPSA) is 17.8 Å². The smallest absolute Gasteiger partial charge is 0.0629 e. The SMILES string of the molecule is CCc1c(C)c(C)nn1-c1[c-]cccc1.[Pt]. The quantitative estimate of drug-likeness (QED) is 0.717. The third-order valence-electron chi connectivity index (χ3n) is 2.74. The fourth-order valence-corrected chi connectivity index (χ4v) is 1.78. The zero-order valence-electron chi connectivity index (χ0n) is 9.73. The molecule has 0 saturated carbocycles. The second-order valence-electron chi connectivity index (χ2n) is 3.67. The van der Waals surface area contributed by atoms with Crippen LogP contribution in [0.4, 0.5) is 0 Å². The zero-order valence-corrected chi connectivity index (χ0v) is 12.0. The Hall–Kier alpha value is -0.882. The van der Waals surface area contributed by atoms with E-state index in [0.29, 0.717) is 0 Å². The van der Waals surface area contributed by atoms with Crippen LogP contribution in [0.15, 0.2) is 24.3 Å². The van der Waals surface area contributed by atoms with Gasteiger partial charge in [-0.1, -0.05) is 6.92 Å². The zero-order chi connectivity index (χ0) is 10.8. The van der Waals surface area contributed by atoms with Crippen molar-refractivity contribution in [2.75, 3.05) is 0 Å². The number of hydrogen-bond acceptors (Lipinski definition) is 1. The van der Waals surface area contributed by atoms with Crippen LogP contribution < -0.4 is 0 Å². The number of hydrogen-bond donors (Lipinski definition) is 0. The van der Waals surface area contributed by atoms with Crippen LogP contribution >= 0.6 is 0 Å². The standard InChI is InChI=1S/C13H15N2.Pt/c1-4-13-10(2)11(3)14-15(13)12-8-6-5-7-9-12;/h5-8H,4H2,1-3H3;/q-1;. The number of aromatic nitrogens is 2. The molecule has 0 aliphatic carbocycles. The largest absolute Gasteiger partial charge is 0.262 e. The summed E-state index contributed by atoms with van der Waals surface area (Å²) in [6.07, 6.45) is 0.995. The third-order valence-corrected chi connectivity index (χ3v) is 2.74. The van der Waals surface area contributed by atoms with E-state index in [4.69, 9.17) is 0 Å². The normalized spacial score (nSPS) is 9.94. The molecular weight excluding hydrogens is 379 g/mol. The molecule has 0 unspecified atom stereocenters. The van der Waals surface area contributed by atoms with Gasteiger partial charge >= 0.3 is 0 Å². The van der Waals surface area contributed by atoms with Gasteiger partial charge in [0.1, 0.15) is 0 Å². The Morgan fingerprint density at radius 1 is 1.31 bits per heavy atom. The van der Waals surface area contributed by atoms with Crippen molar-refractivity contribution in [3.05, 3.63) is 47.3 Å². The Bertz CT molecular complexity index is 460. The molecule has 16 heavy (non-hydrogen) atoms. The molecule has 0 spiro atoms. The van der Waals surface area contributed by atoms with E-state index in [2.05, 4.69) is 25.0 Å². The summed E-state index contributed by atoms with van der Waals surface area (Å²) >= 11 is 0. The Morgan fingerprint density at radius 3 is 2.62 bits per heavy atom. The van der Waals surface area contributed by atoms with E-state index in [-0.39, 0.29) is 21.1 Å². The van der Waals surface area contributed by atoms with Crippen molar-refractivity contribution in [2.24, 2.45) is 0 Å². The molecule has 0 N–H and O–H groups in total. The minimum absolute atomic E-state index is 0. The molecule has 0 atom stereocenters. The average Bonchev–Trinajstić information content (AvgIpc) is 2.56. The van der Waals surface area contributed by atoms with Crippen molar-refractivity contribution in [1.29, 1.82) is 0 Å². The molecule has 3 heteroatoms. The number of aryl methyl sites for hydroxylation is 1. The molecule has 1 heterocycles. The van der Waals surface area contributed by atoms with Crippen molar-refractivity contribution < 1.29 is 21.1 Å². The maximum atomic E-state index is 4.54. The minimum atomic E-state index is 0. The van der Waals surface area contributed by atoms with Crippen LogP contribution in [-0.2, 0) is 27.5 Å². The molecule has 0 fully saturated rings. The van der Waals surface area contributed by atoms with E-state index in [1.165, 1.54) is 11.3 Å². The average molecular weight is 394 g/mol. The predicted molar refractivity (Wildman–Crippen MR) is 61.3 cm³/mol. The van der Waals surface area contributed by atoms with Crippen molar-refractivity contribution in [2.45, 2.75) is 27.2 Å².